The second-order valence-corrected chi connectivity index (χ2v) is 11.9. The summed E-state index contributed by atoms with van der Waals surface area (Å²) in [4.78, 5) is 0. The van der Waals surface area contributed by atoms with Gasteiger partial charge in [0, 0.05) is 5.33 Å². The van der Waals surface area contributed by atoms with Gasteiger partial charge in [-0.3, -0.25) is 0 Å². The molecule has 102 valence electrons. The van der Waals surface area contributed by atoms with E-state index >= 15 is 0 Å². The highest BCUT2D eigenvalue weighted by molar-refractivity contribution is 9.08. The first-order valence-electron chi connectivity index (χ1n) is 6.45. The zero-order valence-corrected chi connectivity index (χ0v) is 15.0. The van der Waals surface area contributed by atoms with Crippen molar-refractivity contribution in [2.75, 3.05) is 0 Å². The molecule has 0 saturated heterocycles. The maximum Gasteiger partial charge on any atom is 0.192 e. The van der Waals surface area contributed by atoms with Gasteiger partial charge in [0.25, 0.3) is 0 Å². The van der Waals surface area contributed by atoms with Crippen LogP contribution in [0.1, 0.15) is 37.5 Å². The van der Waals surface area contributed by atoms with Gasteiger partial charge < -0.3 is 4.43 Å². The van der Waals surface area contributed by atoms with E-state index in [9.17, 15) is 0 Å². The minimum atomic E-state index is -1.64. The van der Waals surface area contributed by atoms with Crippen molar-refractivity contribution in [3.05, 3.63) is 34.9 Å². The molecular weight excluding hydrogens is 304 g/mol. The summed E-state index contributed by atoms with van der Waals surface area (Å²) in [6.45, 7) is 14.3. The van der Waals surface area contributed by atoms with E-state index in [1.807, 2.05) is 0 Å². The summed E-state index contributed by atoms with van der Waals surface area (Å²) in [5, 5.41) is 1.18. The van der Waals surface area contributed by atoms with Crippen LogP contribution in [0.5, 0.6) is 0 Å². The fraction of sp³-hybridized carbons (Fsp3) is 0.600. The Kier molecular flexibility index (Phi) is 5.21. The molecule has 0 radical (unpaired) electrons. The lowest BCUT2D eigenvalue weighted by atomic mass is 10.1. The second kappa shape index (κ2) is 5.89. The van der Waals surface area contributed by atoms with E-state index < -0.39 is 8.32 Å². The highest BCUT2D eigenvalue weighted by Crippen LogP contribution is 2.37. The molecule has 3 heteroatoms. The van der Waals surface area contributed by atoms with Gasteiger partial charge in [-0.2, -0.15) is 0 Å². The van der Waals surface area contributed by atoms with E-state index in [0.29, 0.717) is 0 Å². The van der Waals surface area contributed by atoms with Gasteiger partial charge in [-0.1, -0.05) is 60.5 Å². The molecule has 1 aromatic rings. The van der Waals surface area contributed by atoms with Crippen LogP contribution in [0.15, 0.2) is 18.2 Å². The predicted molar refractivity (Wildman–Crippen MR) is 85.8 cm³/mol. The molecule has 1 aromatic carbocycles. The molecule has 0 spiro atoms. The molecule has 0 amide bonds. The molecule has 0 heterocycles. The lowest BCUT2D eigenvalue weighted by Gasteiger charge is -2.36. The number of halogens is 1. The number of alkyl halides is 1. The lowest BCUT2D eigenvalue weighted by Crippen LogP contribution is -2.40. The zero-order valence-electron chi connectivity index (χ0n) is 12.4. The molecule has 0 atom stereocenters. The maximum atomic E-state index is 6.26. The minimum absolute atomic E-state index is 0.273. The molecule has 0 aliphatic rings. The van der Waals surface area contributed by atoms with Crippen molar-refractivity contribution in [2.24, 2.45) is 0 Å². The first-order valence-corrected chi connectivity index (χ1v) is 10.5. The Morgan fingerprint density at radius 1 is 1.11 bits per heavy atom. The first-order chi connectivity index (χ1) is 8.15. The van der Waals surface area contributed by atoms with E-state index in [1.165, 1.54) is 16.7 Å². The van der Waals surface area contributed by atoms with Crippen LogP contribution in [-0.2, 0) is 16.4 Å². The van der Waals surface area contributed by atoms with Gasteiger partial charge in [-0.25, -0.2) is 0 Å². The van der Waals surface area contributed by atoms with Crippen molar-refractivity contribution in [1.82, 2.24) is 0 Å². The van der Waals surface area contributed by atoms with Gasteiger partial charge in [0.2, 0.25) is 0 Å². The molecule has 0 aliphatic carbocycles. The third-order valence-electron chi connectivity index (χ3n) is 3.76. The Morgan fingerprint density at radius 3 is 2.17 bits per heavy atom. The highest BCUT2D eigenvalue weighted by Gasteiger charge is 2.36. The van der Waals surface area contributed by atoms with Gasteiger partial charge in [0.05, 0.1) is 6.61 Å². The van der Waals surface area contributed by atoms with Crippen LogP contribution < -0.4 is 0 Å². The van der Waals surface area contributed by atoms with Crippen molar-refractivity contribution in [3.8, 4) is 0 Å². The normalized spacial score (nSPS) is 12.8. The quantitative estimate of drug-likeness (QED) is 0.530. The Labute approximate surface area is 121 Å². The Balaban J connectivity index is 2.78. The highest BCUT2D eigenvalue weighted by atomic mass is 79.9. The van der Waals surface area contributed by atoms with Crippen LogP contribution in [-0.4, -0.2) is 8.32 Å². The molecule has 1 rings (SSSR count). The molecule has 0 aromatic heterocycles. The average Bonchev–Trinajstić information content (AvgIpc) is 2.24. The van der Waals surface area contributed by atoms with Crippen LogP contribution in [0.3, 0.4) is 0 Å². The van der Waals surface area contributed by atoms with Crippen molar-refractivity contribution in [3.63, 3.8) is 0 Å². The summed E-state index contributed by atoms with van der Waals surface area (Å²) in [6.07, 6.45) is 0. The Hall–Kier alpha value is -0.123. The van der Waals surface area contributed by atoms with E-state index in [-0.39, 0.29) is 5.04 Å². The van der Waals surface area contributed by atoms with Crippen molar-refractivity contribution >= 4 is 24.2 Å². The smallest absolute Gasteiger partial charge is 0.192 e. The van der Waals surface area contributed by atoms with Crippen LogP contribution in [0.4, 0.5) is 0 Å². The fourth-order valence-electron chi connectivity index (χ4n) is 1.59. The molecule has 18 heavy (non-hydrogen) atoms. The summed E-state index contributed by atoms with van der Waals surface area (Å²) in [7, 11) is -1.64. The standard InChI is InChI=1S/C15H25BrOSi/c1-12-7-13(10-16)9-14(8-12)11-17-18(5,6)15(2,3)4/h7-9H,10-11H2,1-6H3. The van der Waals surface area contributed by atoms with E-state index in [1.54, 1.807) is 0 Å². The monoisotopic (exact) mass is 328 g/mol. The first kappa shape index (κ1) is 15.9. The van der Waals surface area contributed by atoms with Crippen LogP contribution in [0.2, 0.25) is 18.1 Å². The summed E-state index contributed by atoms with van der Waals surface area (Å²) >= 11 is 3.52. The van der Waals surface area contributed by atoms with Crippen molar-refractivity contribution in [2.45, 2.75) is 57.8 Å². The fourth-order valence-corrected chi connectivity index (χ4v) is 2.87. The third-order valence-corrected chi connectivity index (χ3v) is 8.88. The predicted octanol–water partition coefficient (Wildman–Crippen LogP) is 5.41. The third kappa shape index (κ3) is 4.21. The molecule has 0 aliphatic heterocycles. The van der Waals surface area contributed by atoms with Gasteiger partial charge in [-0.15, -0.1) is 0 Å². The summed E-state index contributed by atoms with van der Waals surface area (Å²) in [5.74, 6) is 0. The molecule has 0 unspecified atom stereocenters. The molecule has 0 saturated carbocycles. The number of hydrogen-bond acceptors (Lipinski definition) is 1. The number of rotatable bonds is 4. The Morgan fingerprint density at radius 2 is 1.67 bits per heavy atom. The van der Waals surface area contributed by atoms with E-state index in [0.717, 1.165) is 11.9 Å². The SMILES string of the molecule is Cc1cc(CBr)cc(CO[Si](C)(C)C(C)(C)C)c1. The molecule has 0 fully saturated rings. The largest absolute Gasteiger partial charge is 0.413 e. The van der Waals surface area contributed by atoms with Gasteiger partial charge in [0.15, 0.2) is 8.32 Å². The summed E-state index contributed by atoms with van der Waals surface area (Å²) in [6, 6.07) is 6.67. The number of aryl methyl sites for hydroxylation is 1. The van der Waals surface area contributed by atoms with Crippen LogP contribution in [0.25, 0.3) is 0 Å². The number of hydrogen-bond donors (Lipinski definition) is 0. The van der Waals surface area contributed by atoms with Crippen LogP contribution >= 0.6 is 15.9 Å². The van der Waals surface area contributed by atoms with Gasteiger partial charge in [-0.05, 0) is 36.2 Å². The summed E-state index contributed by atoms with van der Waals surface area (Å²) < 4.78 is 6.26. The van der Waals surface area contributed by atoms with Crippen LogP contribution in [0, 0.1) is 6.92 Å². The zero-order chi connectivity index (χ0) is 14.0. The summed E-state index contributed by atoms with van der Waals surface area (Å²) in [5.41, 5.74) is 3.92. The Bertz CT molecular complexity index is 407. The molecule has 1 nitrogen and oxygen atoms in total. The van der Waals surface area contributed by atoms with E-state index in [2.05, 4.69) is 74.9 Å². The van der Waals surface area contributed by atoms with Gasteiger partial charge >= 0.3 is 0 Å². The molecule has 0 N–H and O–H groups in total. The maximum absolute atomic E-state index is 6.26. The van der Waals surface area contributed by atoms with Gasteiger partial charge in [0.1, 0.15) is 0 Å². The van der Waals surface area contributed by atoms with E-state index in [4.69, 9.17) is 4.43 Å². The average molecular weight is 329 g/mol. The second-order valence-electron chi connectivity index (χ2n) is 6.51. The van der Waals surface area contributed by atoms with Crippen molar-refractivity contribution < 1.29 is 4.43 Å². The van der Waals surface area contributed by atoms with Crippen molar-refractivity contribution in [1.29, 1.82) is 0 Å². The molecule has 0 bridgehead atoms. The number of benzene rings is 1. The topological polar surface area (TPSA) is 9.23 Å². The lowest BCUT2D eigenvalue weighted by molar-refractivity contribution is 0.276. The molecular formula is C15H25BrOSi. The minimum Gasteiger partial charge on any atom is -0.413 e.